The summed E-state index contributed by atoms with van der Waals surface area (Å²) in [7, 11) is 0. The summed E-state index contributed by atoms with van der Waals surface area (Å²) in [6.45, 7) is 3.73. The summed E-state index contributed by atoms with van der Waals surface area (Å²) in [6.07, 6.45) is -2.25. The number of fused-ring (bicyclic) bond motifs is 1. The van der Waals surface area contributed by atoms with Crippen molar-refractivity contribution in [3.63, 3.8) is 0 Å². The van der Waals surface area contributed by atoms with Crippen molar-refractivity contribution >= 4 is 5.91 Å². The first-order valence-electron chi connectivity index (χ1n) is 9.63. The van der Waals surface area contributed by atoms with Gasteiger partial charge in [-0.25, -0.2) is 0 Å². The molecule has 0 bridgehead atoms. The standard InChI is InChI=1S/C22H24F3NO3/c1-3-21(4-2)13-18(17-10-5-6-11-19(17)29-21)26-20(27)14-28-16-9-7-8-15(12-16)22(23,24)25/h5-12,18H,3-4,13-14H2,1-2H3,(H,26,27)/t18-/m0/s1. The molecule has 1 aliphatic rings. The number of benzene rings is 2. The fourth-order valence-electron chi connectivity index (χ4n) is 3.58. The summed E-state index contributed by atoms with van der Waals surface area (Å²) >= 11 is 0. The molecule has 0 fully saturated rings. The predicted molar refractivity (Wildman–Crippen MR) is 103 cm³/mol. The molecule has 0 saturated heterocycles. The van der Waals surface area contributed by atoms with E-state index in [4.69, 9.17) is 9.47 Å². The highest BCUT2D eigenvalue weighted by Crippen LogP contribution is 2.42. The van der Waals surface area contributed by atoms with Crippen LogP contribution in [0.4, 0.5) is 13.2 Å². The van der Waals surface area contributed by atoms with E-state index in [0.717, 1.165) is 36.3 Å². The topological polar surface area (TPSA) is 47.6 Å². The third kappa shape index (κ3) is 4.83. The van der Waals surface area contributed by atoms with Gasteiger partial charge in [0.1, 0.15) is 17.1 Å². The van der Waals surface area contributed by atoms with E-state index < -0.39 is 17.6 Å². The first-order chi connectivity index (χ1) is 13.8. The zero-order valence-electron chi connectivity index (χ0n) is 16.4. The fourth-order valence-corrected chi connectivity index (χ4v) is 3.58. The second-order valence-electron chi connectivity index (χ2n) is 7.17. The minimum atomic E-state index is -4.46. The second kappa shape index (κ2) is 8.35. The number of halogens is 3. The van der Waals surface area contributed by atoms with Gasteiger partial charge in [-0.3, -0.25) is 4.79 Å². The molecule has 2 aromatic rings. The number of carbonyl (C=O) groups excluding carboxylic acids is 1. The Balaban J connectivity index is 1.69. The van der Waals surface area contributed by atoms with E-state index in [9.17, 15) is 18.0 Å². The van der Waals surface area contributed by atoms with Crippen molar-refractivity contribution in [3.05, 3.63) is 59.7 Å². The molecule has 3 rings (SSSR count). The van der Waals surface area contributed by atoms with Crippen LogP contribution in [0.1, 0.15) is 50.3 Å². The van der Waals surface area contributed by atoms with E-state index in [-0.39, 0.29) is 24.0 Å². The molecule has 0 aromatic heterocycles. The molecule has 1 atom stereocenters. The molecule has 4 nitrogen and oxygen atoms in total. The van der Waals surface area contributed by atoms with E-state index in [1.54, 1.807) is 0 Å². The molecule has 29 heavy (non-hydrogen) atoms. The van der Waals surface area contributed by atoms with Gasteiger partial charge < -0.3 is 14.8 Å². The van der Waals surface area contributed by atoms with Crippen LogP contribution in [0.2, 0.25) is 0 Å². The lowest BCUT2D eigenvalue weighted by molar-refractivity contribution is -0.137. The number of para-hydroxylation sites is 1. The van der Waals surface area contributed by atoms with Crippen LogP contribution >= 0.6 is 0 Å². The summed E-state index contributed by atoms with van der Waals surface area (Å²) < 4.78 is 49.9. The van der Waals surface area contributed by atoms with Crippen LogP contribution in [0.15, 0.2) is 48.5 Å². The minimum Gasteiger partial charge on any atom is -0.487 e. The SMILES string of the molecule is CCC1(CC)C[C@H](NC(=O)COc2cccc(C(F)(F)F)c2)c2ccccc2O1. The Morgan fingerprint density at radius 2 is 1.90 bits per heavy atom. The predicted octanol–water partition coefficient (Wildman–Crippen LogP) is 5.28. The maximum atomic E-state index is 12.8. The Labute approximate surface area is 168 Å². The van der Waals surface area contributed by atoms with Crippen LogP contribution in [0.3, 0.4) is 0 Å². The summed E-state index contributed by atoms with van der Waals surface area (Å²) in [4.78, 5) is 12.5. The molecule has 1 amide bonds. The van der Waals surface area contributed by atoms with Crippen LogP contribution in [0.5, 0.6) is 11.5 Å². The lowest BCUT2D eigenvalue weighted by atomic mass is 9.83. The first-order valence-corrected chi connectivity index (χ1v) is 9.63. The number of alkyl halides is 3. The summed E-state index contributed by atoms with van der Waals surface area (Å²) in [5.41, 5.74) is -0.296. The molecular weight excluding hydrogens is 383 g/mol. The van der Waals surface area contributed by atoms with Gasteiger partial charge >= 0.3 is 6.18 Å². The van der Waals surface area contributed by atoms with Crippen molar-refractivity contribution in [2.24, 2.45) is 0 Å². The lowest BCUT2D eigenvalue weighted by Crippen LogP contribution is -2.45. The molecule has 1 N–H and O–H groups in total. The monoisotopic (exact) mass is 407 g/mol. The molecule has 0 aliphatic carbocycles. The van der Waals surface area contributed by atoms with Gasteiger partial charge in [0.05, 0.1) is 11.6 Å². The van der Waals surface area contributed by atoms with Crippen molar-refractivity contribution < 1.29 is 27.4 Å². The van der Waals surface area contributed by atoms with Crippen LogP contribution in [-0.2, 0) is 11.0 Å². The van der Waals surface area contributed by atoms with Gasteiger partial charge in [0, 0.05) is 12.0 Å². The largest absolute Gasteiger partial charge is 0.487 e. The van der Waals surface area contributed by atoms with Crippen molar-refractivity contribution in [2.45, 2.75) is 50.9 Å². The highest BCUT2D eigenvalue weighted by molar-refractivity contribution is 5.78. The maximum Gasteiger partial charge on any atom is 0.416 e. The van der Waals surface area contributed by atoms with Gasteiger partial charge in [0.15, 0.2) is 6.61 Å². The Morgan fingerprint density at radius 1 is 1.17 bits per heavy atom. The Kier molecular flexibility index (Phi) is 6.05. The van der Waals surface area contributed by atoms with Crippen molar-refractivity contribution in [1.82, 2.24) is 5.32 Å². The molecular formula is C22H24F3NO3. The van der Waals surface area contributed by atoms with Crippen LogP contribution in [0.25, 0.3) is 0 Å². The van der Waals surface area contributed by atoms with E-state index >= 15 is 0 Å². The Morgan fingerprint density at radius 3 is 2.59 bits per heavy atom. The maximum absolute atomic E-state index is 12.8. The van der Waals surface area contributed by atoms with Gasteiger partial charge in [-0.05, 0) is 37.1 Å². The van der Waals surface area contributed by atoms with E-state index in [0.29, 0.717) is 6.42 Å². The van der Waals surface area contributed by atoms with E-state index in [1.165, 1.54) is 12.1 Å². The third-order valence-electron chi connectivity index (χ3n) is 5.35. The lowest BCUT2D eigenvalue weighted by Gasteiger charge is -2.41. The number of ether oxygens (including phenoxy) is 2. The fraction of sp³-hybridized carbons (Fsp3) is 0.409. The van der Waals surface area contributed by atoms with Gasteiger partial charge in [0.2, 0.25) is 0 Å². The molecule has 2 aromatic carbocycles. The van der Waals surface area contributed by atoms with E-state index in [1.807, 2.05) is 38.1 Å². The quantitative estimate of drug-likeness (QED) is 0.709. The number of carbonyl (C=O) groups is 1. The molecule has 156 valence electrons. The van der Waals surface area contributed by atoms with Gasteiger partial charge in [-0.2, -0.15) is 13.2 Å². The molecule has 7 heteroatoms. The average molecular weight is 407 g/mol. The number of amides is 1. The molecule has 0 spiro atoms. The van der Waals surface area contributed by atoms with Gasteiger partial charge in [-0.15, -0.1) is 0 Å². The van der Waals surface area contributed by atoms with Crippen LogP contribution in [0, 0.1) is 0 Å². The molecule has 1 aliphatic heterocycles. The molecule has 1 heterocycles. The van der Waals surface area contributed by atoms with Crippen molar-refractivity contribution in [1.29, 1.82) is 0 Å². The minimum absolute atomic E-state index is 0.00110. The second-order valence-corrected chi connectivity index (χ2v) is 7.17. The van der Waals surface area contributed by atoms with Crippen molar-refractivity contribution in [2.75, 3.05) is 6.61 Å². The number of hydrogen-bond donors (Lipinski definition) is 1. The average Bonchev–Trinajstić information content (AvgIpc) is 2.71. The van der Waals surface area contributed by atoms with Gasteiger partial charge in [0.25, 0.3) is 5.91 Å². The number of nitrogens with one attached hydrogen (secondary N) is 1. The van der Waals surface area contributed by atoms with Crippen LogP contribution < -0.4 is 14.8 Å². The smallest absolute Gasteiger partial charge is 0.416 e. The number of rotatable bonds is 6. The zero-order valence-corrected chi connectivity index (χ0v) is 16.4. The summed E-state index contributed by atoms with van der Waals surface area (Å²) in [5.74, 6) is 0.343. The van der Waals surface area contributed by atoms with Gasteiger partial charge in [-0.1, -0.05) is 38.1 Å². The molecule has 0 saturated carbocycles. The zero-order chi connectivity index (χ0) is 21.1. The highest BCUT2D eigenvalue weighted by atomic mass is 19.4. The summed E-state index contributed by atoms with van der Waals surface area (Å²) in [6, 6.07) is 11.8. The Bertz CT molecular complexity index is 862. The number of hydrogen-bond acceptors (Lipinski definition) is 3. The van der Waals surface area contributed by atoms with Crippen molar-refractivity contribution in [3.8, 4) is 11.5 Å². The highest BCUT2D eigenvalue weighted by Gasteiger charge is 2.39. The third-order valence-corrected chi connectivity index (χ3v) is 5.35. The normalized spacial score (nSPS) is 17.8. The molecule has 0 radical (unpaired) electrons. The van der Waals surface area contributed by atoms with E-state index in [2.05, 4.69) is 5.32 Å². The summed E-state index contributed by atoms with van der Waals surface area (Å²) in [5, 5.41) is 2.95. The molecule has 0 unspecified atom stereocenters. The van der Waals surface area contributed by atoms with Crippen LogP contribution in [-0.4, -0.2) is 18.1 Å². The Hall–Kier alpha value is -2.70. The first kappa shape index (κ1) is 21.0.